The fourth-order valence-corrected chi connectivity index (χ4v) is 19.3. The number of carbonyl (C=O) groups is 6. The monoisotopic (exact) mass is 1720 g/mol. The normalized spacial score (nSPS) is 27.0. The maximum Gasteiger partial charge on any atom is 0.482 e. The summed E-state index contributed by atoms with van der Waals surface area (Å²) in [6, 6.07) is 15.5. The highest BCUT2D eigenvalue weighted by molar-refractivity contribution is 6.48. The Bertz CT molecular complexity index is 4330. The molecule has 0 aromatic heterocycles. The van der Waals surface area contributed by atoms with E-state index in [-0.39, 0.29) is 85.1 Å². The average Bonchev–Trinajstić information content (AvgIpc) is 1.46. The van der Waals surface area contributed by atoms with E-state index in [1.807, 2.05) is 13.8 Å². The highest BCUT2D eigenvalue weighted by atomic mass is 19.4. The number of alkyl halides is 9. The van der Waals surface area contributed by atoms with Crippen LogP contribution in [0.2, 0.25) is 0 Å². The number of hydrogen-bond acceptors (Lipinski definition) is 17. The topological polar surface area (TPSA) is 306 Å². The molecule has 12 aliphatic rings. The van der Waals surface area contributed by atoms with Crippen LogP contribution < -0.4 is 16.0 Å². The van der Waals surface area contributed by atoms with Crippen LogP contribution in [0.5, 0.6) is 0 Å². The minimum atomic E-state index is -4.50. The molecule has 25 nitrogen and oxygen atoms in total. The Balaban J connectivity index is 0.000000186. The standard InChI is InChI=1S/C28H38BF3N4O5.C28H35BF3N3O5.C26H35BF3NO4.C3H3NO2/c1-26(2)12-14-36(18-26)27(3,4)16-22(33-5)24(37)35-13-6-7-21(17-35)41-25(38)34-23(29(39)40)15-19-8-10-20(11-9-19)28(30,31)32;1-26(2)19-13-21(26)27(3)22(14-19)39-29(40-27)23(12-17-7-9-18(10-8-17)28(30,31)32)34-25(37)38-20-6-5-11-35(16-20)24(36)15-33-4;1-24(2)18-14-20(24)25(3)21(15-18)34-27(35-25)22(31-23(32)33-19-7-5-4-6-8-19)13-16-9-11-17(12-10-16)26(28,29)30;4-2-1-3(5)6/h8-11,16,21,23,39-40H,6-7,12-15,17-18H2,1-4H3,(H,34,38);7-10,19-23H,5-6,11-16H2,1-3H3,(H,34,37);9-12,18-22H,4-8,13-15H2,1-3H3,(H,31,32);1H2,(H,5,6)/t21-,23-;19-,20-,21-,22+,23-,27-;18-,20-,21+,22-,25-;/m000./s1. The van der Waals surface area contributed by atoms with E-state index in [2.05, 4.69) is 85.9 Å². The number of benzene rings is 3. The SMILES string of the molecule is CC1(C)[C@@H]2C[C@H]3OB([C@H](Cc4ccc(C(F)(F)F)cc4)NC(=O)OC4CCCCC4)O[C@@]3(C)[C@H]1C2.N#CCC(=O)O.[C-]#[N+]C(=CC(C)(C)N1CCC(C)(C)C1)C(=O)N1CCC[C@H](OC(=O)N[C@@H](Cc2ccc(C(F)(F)F)cc2)B(O)O)C1.[C-]#[N+]CC(=O)N1CCC[C@H](OC(=O)N[C@@H](Cc2ccc(C(F)(F)F)cc2)B2O[C@@H]3C[C@@H]4C[C@@H](C4(C)C)[C@]3(C)O2)C1. The molecular formula is C85H111B3F9N9O16. The van der Waals surface area contributed by atoms with Gasteiger partial charge in [0, 0.05) is 25.2 Å². The Morgan fingerprint density at radius 3 is 1.39 bits per heavy atom. The van der Waals surface area contributed by atoms with E-state index >= 15 is 0 Å². The van der Waals surface area contributed by atoms with Gasteiger partial charge < -0.3 is 78.6 Å². The fourth-order valence-electron chi connectivity index (χ4n) is 19.3. The lowest BCUT2D eigenvalue weighted by atomic mass is 9.43. The number of nitrogens with one attached hydrogen (secondary N) is 3. The largest absolute Gasteiger partial charge is 0.482 e. The second-order valence-electron chi connectivity index (χ2n) is 36.8. The van der Waals surface area contributed by atoms with Crippen LogP contribution in [0.3, 0.4) is 0 Å². The van der Waals surface area contributed by atoms with Crippen LogP contribution in [0.4, 0.5) is 53.9 Å². The first-order valence-corrected chi connectivity index (χ1v) is 41.8. The first-order chi connectivity index (χ1) is 57.0. The van der Waals surface area contributed by atoms with Gasteiger partial charge in [-0.1, -0.05) is 90.4 Å². The highest BCUT2D eigenvalue weighted by Crippen LogP contribution is 2.67. The Kier molecular flexibility index (Phi) is 30.5. The minimum Gasteiger partial charge on any atom is -0.480 e. The molecule has 0 radical (unpaired) electrons. The number of ether oxygens (including phenoxy) is 3. The van der Waals surface area contributed by atoms with Crippen LogP contribution in [0.25, 0.3) is 9.69 Å². The van der Waals surface area contributed by atoms with E-state index in [1.165, 1.54) is 52.3 Å². The molecular weight excluding hydrogens is 1610 g/mol. The van der Waals surface area contributed by atoms with Crippen molar-refractivity contribution < 1.29 is 116 Å². The van der Waals surface area contributed by atoms with Crippen LogP contribution in [0, 0.1) is 64.4 Å². The molecule has 15 rings (SSSR count). The molecule has 664 valence electrons. The Morgan fingerprint density at radius 2 is 1.01 bits per heavy atom. The van der Waals surface area contributed by atoms with Gasteiger partial charge in [-0.25, -0.2) is 25.8 Å². The van der Waals surface area contributed by atoms with E-state index in [0.717, 1.165) is 114 Å². The van der Waals surface area contributed by atoms with Gasteiger partial charge in [-0.15, -0.1) is 0 Å². The number of piperidine rings is 2. The van der Waals surface area contributed by atoms with E-state index < -0.39 is 140 Å². The Morgan fingerprint density at radius 1 is 0.598 bits per heavy atom. The Hall–Kier alpha value is -8.63. The fraction of sp³-hybridized carbons (Fsp3) is 0.659. The number of nitrogens with zero attached hydrogens (tertiary/aromatic N) is 6. The third-order valence-corrected chi connectivity index (χ3v) is 26.6. The summed E-state index contributed by atoms with van der Waals surface area (Å²) in [5, 5.41) is 42.9. The second-order valence-corrected chi connectivity index (χ2v) is 36.8. The van der Waals surface area contributed by atoms with Gasteiger partial charge in [0.05, 0.1) is 83.7 Å². The number of amides is 5. The molecule has 6 N–H and O–H groups in total. The number of halogens is 9. The van der Waals surface area contributed by atoms with Crippen molar-refractivity contribution in [2.24, 2.45) is 39.9 Å². The summed E-state index contributed by atoms with van der Waals surface area (Å²) in [5.41, 5.74) is -1.69. The molecule has 7 aliphatic carbocycles. The van der Waals surface area contributed by atoms with Crippen LogP contribution in [-0.2, 0) is 85.0 Å². The third-order valence-electron chi connectivity index (χ3n) is 26.6. The number of carboxylic acid groups (broad SMARTS) is 1. The number of carboxylic acids is 1. The molecule has 12 fully saturated rings. The van der Waals surface area contributed by atoms with Crippen molar-refractivity contribution in [2.75, 3.05) is 45.8 Å². The predicted octanol–water partition coefficient (Wildman–Crippen LogP) is 14.1. The lowest BCUT2D eigenvalue weighted by Crippen LogP contribution is -2.65. The molecule has 5 aliphatic heterocycles. The lowest BCUT2D eigenvalue weighted by Gasteiger charge is -2.64. The average molecular weight is 1720 g/mol. The zero-order valence-corrected chi connectivity index (χ0v) is 70.6. The van der Waals surface area contributed by atoms with Crippen molar-refractivity contribution in [1.82, 2.24) is 30.7 Å². The van der Waals surface area contributed by atoms with Gasteiger partial charge in [0.1, 0.15) is 24.7 Å². The van der Waals surface area contributed by atoms with Gasteiger partial charge in [0.25, 0.3) is 12.5 Å². The minimum absolute atomic E-state index is 0.00446. The van der Waals surface area contributed by atoms with Crippen molar-refractivity contribution in [3.8, 4) is 6.07 Å². The van der Waals surface area contributed by atoms with Gasteiger partial charge in [0.2, 0.25) is 5.70 Å². The van der Waals surface area contributed by atoms with Crippen molar-refractivity contribution in [2.45, 2.75) is 268 Å². The molecule has 13 atom stereocenters. The molecule has 0 spiro atoms. The van der Waals surface area contributed by atoms with Gasteiger partial charge in [-0.3, -0.25) is 19.3 Å². The van der Waals surface area contributed by atoms with E-state index in [9.17, 15) is 78.3 Å². The van der Waals surface area contributed by atoms with Crippen LogP contribution >= 0.6 is 0 Å². The molecule has 5 amide bonds. The maximum absolute atomic E-state index is 13.3. The summed E-state index contributed by atoms with van der Waals surface area (Å²) in [5.74, 6) is -2.55. The number of likely N-dealkylation sites (tertiary alicyclic amines) is 3. The number of alkyl carbamates (subject to hydrolysis) is 3. The van der Waals surface area contributed by atoms with E-state index in [0.29, 0.717) is 79.1 Å². The number of nitriles is 1. The quantitative estimate of drug-likeness (QED) is 0.0201. The van der Waals surface area contributed by atoms with Crippen LogP contribution in [0.15, 0.2) is 84.6 Å². The number of hydrogen-bond donors (Lipinski definition) is 6. The maximum atomic E-state index is 13.3. The molecule has 7 saturated carbocycles. The third kappa shape index (κ3) is 23.7. The lowest BCUT2D eigenvalue weighted by molar-refractivity contribution is -0.199. The highest BCUT2D eigenvalue weighted by Gasteiger charge is 2.70. The molecule has 4 bridgehead atoms. The van der Waals surface area contributed by atoms with Crippen molar-refractivity contribution in [3.63, 3.8) is 0 Å². The van der Waals surface area contributed by atoms with Gasteiger partial charge in [0.15, 0.2) is 0 Å². The number of aliphatic carboxylic acids is 1. The smallest absolute Gasteiger partial charge is 0.480 e. The molecule has 5 saturated heterocycles. The van der Waals surface area contributed by atoms with Gasteiger partial charge in [-0.05, 0) is 230 Å². The molecule has 122 heavy (non-hydrogen) atoms. The second kappa shape index (κ2) is 38.9. The summed E-state index contributed by atoms with van der Waals surface area (Å²) < 4.78 is 160. The van der Waals surface area contributed by atoms with Crippen molar-refractivity contribution in [3.05, 3.63) is 141 Å². The molecule has 37 heteroatoms. The summed E-state index contributed by atoms with van der Waals surface area (Å²) in [6.45, 7) is 38.8. The molecule has 3 aromatic carbocycles. The van der Waals surface area contributed by atoms with Gasteiger partial charge in [-0.2, -0.15) is 44.8 Å². The molecule has 3 aromatic rings. The first kappa shape index (κ1) is 95.6. The Labute approximate surface area is 707 Å². The van der Waals surface area contributed by atoms with Crippen LogP contribution in [0.1, 0.15) is 199 Å². The van der Waals surface area contributed by atoms with Crippen LogP contribution in [-0.4, -0.2) is 198 Å². The molecule has 0 unspecified atom stereocenters. The molecule has 5 heterocycles. The number of rotatable bonds is 20. The van der Waals surface area contributed by atoms with E-state index in [1.54, 1.807) is 6.08 Å². The zero-order valence-electron chi connectivity index (χ0n) is 70.6. The summed E-state index contributed by atoms with van der Waals surface area (Å²) >= 11 is 0. The first-order valence-electron chi connectivity index (χ1n) is 41.8. The summed E-state index contributed by atoms with van der Waals surface area (Å²) in [6.07, 6.45) is -3.31. The van der Waals surface area contributed by atoms with Crippen molar-refractivity contribution >= 4 is 57.4 Å². The predicted molar refractivity (Wildman–Crippen MR) is 430 cm³/mol. The number of carbonyl (C=O) groups excluding carboxylic acids is 5. The van der Waals surface area contributed by atoms with Crippen molar-refractivity contribution in [1.29, 1.82) is 5.26 Å². The summed E-state index contributed by atoms with van der Waals surface area (Å²) in [4.78, 5) is 85.2. The zero-order chi connectivity index (χ0) is 89.5. The van der Waals surface area contributed by atoms with E-state index in [4.69, 9.17) is 56.3 Å². The van der Waals surface area contributed by atoms with Gasteiger partial charge >= 0.3 is 70.0 Å². The summed E-state index contributed by atoms with van der Waals surface area (Å²) in [7, 11) is -3.49.